The highest BCUT2D eigenvalue weighted by atomic mass is 16.6. The van der Waals surface area contributed by atoms with E-state index in [9.17, 15) is 4.79 Å². The highest BCUT2D eigenvalue weighted by Crippen LogP contribution is 2.19. The predicted octanol–water partition coefficient (Wildman–Crippen LogP) is 3.38. The van der Waals surface area contributed by atoms with Crippen molar-refractivity contribution in [3.05, 3.63) is 11.6 Å². The Bertz CT molecular complexity index is 341. The van der Waals surface area contributed by atoms with Gasteiger partial charge in [0, 0.05) is 18.6 Å². The van der Waals surface area contributed by atoms with Crippen molar-refractivity contribution in [2.75, 3.05) is 6.54 Å². The van der Waals surface area contributed by atoms with Crippen LogP contribution in [0.3, 0.4) is 0 Å². The molecule has 1 aliphatic carbocycles. The van der Waals surface area contributed by atoms with E-state index >= 15 is 0 Å². The number of ether oxygens (including phenoxy) is 1. The van der Waals surface area contributed by atoms with Crippen molar-refractivity contribution in [2.24, 2.45) is 0 Å². The van der Waals surface area contributed by atoms with E-state index in [0.29, 0.717) is 6.04 Å². The number of carbonyl (C=O) groups is 1. The minimum Gasteiger partial charge on any atom is -0.444 e. The fourth-order valence-corrected chi connectivity index (χ4v) is 2.41. The summed E-state index contributed by atoms with van der Waals surface area (Å²) in [6.45, 7) is 10.8. The maximum atomic E-state index is 11.8. The lowest BCUT2D eigenvalue weighted by molar-refractivity contribution is 0.0489. The number of hydrogen-bond acceptors (Lipinski definition) is 3. The first-order valence-electron chi connectivity index (χ1n) is 7.62. The zero-order valence-corrected chi connectivity index (χ0v) is 13.6. The van der Waals surface area contributed by atoms with Crippen molar-refractivity contribution in [2.45, 2.75) is 78.0 Å². The first-order valence-corrected chi connectivity index (χ1v) is 7.62. The Morgan fingerprint density at radius 1 is 1.25 bits per heavy atom. The average molecular weight is 282 g/mol. The summed E-state index contributed by atoms with van der Waals surface area (Å²) in [7, 11) is 0. The summed E-state index contributed by atoms with van der Waals surface area (Å²) in [6, 6.07) is 0.710. The molecule has 0 spiro atoms. The Kier molecular flexibility index (Phi) is 6.53. The van der Waals surface area contributed by atoms with E-state index < -0.39 is 5.60 Å². The van der Waals surface area contributed by atoms with Crippen LogP contribution in [0.25, 0.3) is 0 Å². The van der Waals surface area contributed by atoms with Gasteiger partial charge in [0.25, 0.3) is 0 Å². The molecule has 2 unspecified atom stereocenters. The lowest BCUT2D eigenvalue weighted by Crippen LogP contribution is -2.45. The van der Waals surface area contributed by atoms with Crippen LogP contribution in [0.2, 0.25) is 0 Å². The van der Waals surface area contributed by atoms with Gasteiger partial charge in [-0.2, -0.15) is 0 Å². The van der Waals surface area contributed by atoms with Crippen molar-refractivity contribution in [3.63, 3.8) is 0 Å². The largest absolute Gasteiger partial charge is 0.444 e. The molecule has 0 aliphatic heterocycles. The van der Waals surface area contributed by atoms with Gasteiger partial charge in [-0.05, 0) is 60.3 Å². The van der Waals surface area contributed by atoms with Gasteiger partial charge in [-0.1, -0.05) is 11.6 Å². The summed E-state index contributed by atoms with van der Waals surface area (Å²) < 4.78 is 5.31. The molecule has 1 aliphatic rings. The predicted molar refractivity (Wildman–Crippen MR) is 82.8 cm³/mol. The number of alkyl carbamates (subject to hydrolysis) is 1. The third-order valence-corrected chi connectivity index (χ3v) is 3.31. The Morgan fingerprint density at radius 3 is 2.50 bits per heavy atom. The van der Waals surface area contributed by atoms with Crippen molar-refractivity contribution >= 4 is 6.09 Å². The molecule has 0 aromatic rings. The van der Waals surface area contributed by atoms with Gasteiger partial charge >= 0.3 is 6.09 Å². The first-order chi connectivity index (χ1) is 9.26. The van der Waals surface area contributed by atoms with Crippen LogP contribution in [0.4, 0.5) is 4.79 Å². The fourth-order valence-electron chi connectivity index (χ4n) is 2.41. The number of amides is 1. The van der Waals surface area contributed by atoms with Gasteiger partial charge in [0.2, 0.25) is 0 Å². The second-order valence-electron chi connectivity index (χ2n) is 6.90. The summed E-state index contributed by atoms with van der Waals surface area (Å²) in [5.41, 5.74) is 0.900. The highest BCUT2D eigenvalue weighted by molar-refractivity contribution is 5.68. The zero-order valence-electron chi connectivity index (χ0n) is 13.6. The fraction of sp³-hybridized carbons (Fsp3) is 0.812. The maximum Gasteiger partial charge on any atom is 0.407 e. The van der Waals surface area contributed by atoms with E-state index in [1.54, 1.807) is 0 Å². The molecule has 0 saturated heterocycles. The molecule has 4 heteroatoms. The van der Waals surface area contributed by atoms with Gasteiger partial charge in [0.15, 0.2) is 0 Å². The molecular weight excluding hydrogens is 252 g/mol. The normalized spacial score (nSPS) is 23.1. The minimum absolute atomic E-state index is 0.225. The van der Waals surface area contributed by atoms with Crippen molar-refractivity contribution in [3.8, 4) is 0 Å². The third kappa shape index (κ3) is 7.53. The van der Waals surface area contributed by atoms with E-state index in [4.69, 9.17) is 4.74 Å². The van der Waals surface area contributed by atoms with E-state index in [0.717, 1.165) is 25.8 Å². The summed E-state index contributed by atoms with van der Waals surface area (Å²) in [4.78, 5) is 11.8. The molecule has 1 rings (SSSR count). The van der Waals surface area contributed by atoms with Crippen LogP contribution >= 0.6 is 0 Å². The zero-order chi connectivity index (χ0) is 15.2. The van der Waals surface area contributed by atoms with E-state index in [-0.39, 0.29) is 12.1 Å². The second kappa shape index (κ2) is 7.67. The Balaban J connectivity index is 2.33. The number of rotatable bonds is 4. The standard InChI is InChI=1S/C16H30N2O2/c1-12(2)9-10-17-13-7-6-8-14(11-13)18-15(19)20-16(3,4)5/h9,13-14,17H,6-8,10-11H2,1-5H3,(H,18,19). The van der Waals surface area contributed by atoms with Crippen molar-refractivity contribution in [1.82, 2.24) is 10.6 Å². The van der Waals surface area contributed by atoms with Gasteiger partial charge in [0.05, 0.1) is 0 Å². The number of hydrogen-bond donors (Lipinski definition) is 2. The smallest absolute Gasteiger partial charge is 0.407 e. The van der Waals surface area contributed by atoms with Crippen LogP contribution in [0, 0.1) is 0 Å². The van der Waals surface area contributed by atoms with Crippen molar-refractivity contribution < 1.29 is 9.53 Å². The minimum atomic E-state index is -0.431. The van der Waals surface area contributed by atoms with Crippen LogP contribution in [0.5, 0.6) is 0 Å². The number of allylic oxidation sites excluding steroid dienone is 1. The summed E-state index contributed by atoms with van der Waals surface area (Å²) in [5, 5.41) is 6.52. The SMILES string of the molecule is CC(C)=CCNC1CCCC(NC(=O)OC(C)(C)C)C1. The summed E-state index contributed by atoms with van der Waals surface area (Å²) in [5.74, 6) is 0. The van der Waals surface area contributed by atoms with Gasteiger partial charge in [0.1, 0.15) is 5.60 Å². The number of carbonyl (C=O) groups excluding carboxylic acids is 1. The monoisotopic (exact) mass is 282 g/mol. The molecule has 4 nitrogen and oxygen atoms in total. The molecule has 2 atom stereocenters. The van der Waals surface area contributed by atoms with Gasteiger partial charge in [-0.15, -0.1) is 0 Å². The Morgan fingerprint density at radius 2 is 1.90 bits per heavy atom. The lowest BCUT2D eigenvalue weighted by atomic mass is 9.91. The van der Waals surface area contributed by atoms with Crippen LogP contribution < -0.4 is 10.6 Å². The van der Waals surface area contributed by atoms with E-state index in [1.165, 1.54) is 12.0 Å². The molecule has 0 radical (unpaired) electrons. The highest BCUT2D eigenvalue weighted by Gasteiger charge is 2.24. The van der Waals surface area contributed by atoms with Crippen LogP contribution in [0.1, 0.15) is 60.3 Å². The van der Waals surface area contributed by atoms with E-state index in [2.05, 4.69) is 30.6 Å². The molecule has 20 heavy (non-hydrogen) atoms. The molecule has 1 saturated carbocycles. The molecule has 2 N–H and O–H groups in total. The first kappa shape index (κ1) is 17.0. The summed E-state index contributed by atoms with van der Waals surface area (Å²) >= 11 is 0. The quantitative estimate of drug-likeness (QED) is 0.777. The molecule has 0 bridgehead atoms. The Hall–Kier alpha value is -1.03. The average Bonchev–Trinajstić information content (AvgIpc) is 2.26. The Labute approximate surface area is 123 Å². The molecule has 0 aromatic carbocycles. The van der Waals surface area contributed by atoms with Crippen LogP contribution in [-0.4, -0.2) is 30.3 Å². The third-order valence-electron chi connectivity index (χ3n) is 3.31. The molecule has 0 heterocycles. The van der Waals surface area contributed by atoms with Gasteiger partial charge in [-0.3, -0.25) is 0 Å². The topological polar surface area (TPSA) is 50.4 Å². The summed E-state index contributed by atoms with van der Waals surface area (Å²) in [6.07, 6.45) is 6.25. The molecule has 1 amide bonds. The van der Waals surface area contributed by atoms with Gasteiger partial charge in [-0.25, -0.2) is 4.79 Å². The molecule has 0 aromatic heterocycles. The van der Waals surface area contributed by atoms with E-state index in [1.807, 2.05) is 20.8 Å². The molecule has 1 fully saturated rings. The van der Waals surface area contributed by atoms with Crippen LogP contribution in [-0.2, 0) is 4.74 Å². The molecular formula is C16H30N2O2. The lowest BCUT2D eigenvalue weighted by Gasteiger charge is -2.31. The number of nitrogens with one attached hydrogen (secondary N) is 2. The van der Waals surface area contributed by atoms with Gasteiger partial charge < -0.3 is 15.4 Å². The van der Waals surface area contributed by atoms with Crippen molar-refractivity contribution in [1.29, 1.82) is 0 Å². The molecule has 116 valence electrons. The maximum absolute atomic E-state index is 11.8. The van der Waals surface area contributed by atoms with Crippen LogP contribution in [0.15, 0.2) is 11.6 Å². The second-order valence-corrected chi connectivity index (χ2v) is 6.90.